The summed E-state index contributed by atoms with van der Waals surface area (Å²) in [5.74, 6) is 1.11. The van der Waals surface area contributed by atoms with Gasteiger partial charge in [-0.1, -0.05) is 11.8 Å². The minimum atomic E-state index is 0. The van der Waals surface area contributed by atoms with Crippen molar-refractivity contribution in [2.24, 2.45) is 12.5 Å². The highest BCUT2D eigenvalue weighted by molar-refractivity contribution is 7.99. The van der Waals surface area contributed by atoms with Gasteiger partial charge in [0, 0.05) is 37.8 Å². The van der Waals surface area contributed by atoms with E-state index in [1.165, 1.54) is 51.6 Å². The molecule has 7 heteroatoms. The number of aryl methyl sites for hydroxylation is 1. The van der Waals surface area contributed by atoms with Crippen molar-refractivity contribution in [3.8, 4) is 0 Å². The number of hydrogen-bond donors (Lipinski definition) is 2. The van der Waals surface area contributed by atoms with E-state index >= 15 is 0 Å². The second-order valence-electron chi connectivity index (χ2n) is 6.65. The van der Waals surface area contributed by atoms with Crippen LogP contribution in [0.1, 0.15) is 38.5 Å². The normalized spacial score (nSPS) is 20.7. The Morgan fingerprint density at radius 3 is 2.57 bits per heavy atom. The predicted octanol–water partition coefficient (Wildman–Crippen LogP) is 3.26. The van der Waals surface area contributed by atoms with Gasteiger partial charge in [0.2, 0.25) is 0 Å². The zero-order valence-electron chi connectivity index (χ0n) is 13.9. The third-order valence-electron chi connectivity index (χ3n) is 5.25. The fourth-order valence-electron chi connectivity index (χ4n) is 3.79. The molecule has 0 aromatic carbocycles. The summed E-state index contributed by atoms with van der Waals surface area (Å²) >= 11 is 1.84. The van der Waals surface area contributed by atoms with E-state index in [2.05, 4.69) is 27.2 Å². The van der Waals surface area contributed by atoms with Gasteiger partial charge >= 0.3 is 0 Å². The number of imidazole rings is 1. The highest BCUT2D eigenvalue weighted by Gasteiger charge is 2.35. The van der Waals surface area contributed by atoms with Crippen molar-refractivity contribution in [2.75, 3.05) is 25.4 Å². The van der Waals surface area contributed by atoms with E-state index in [1.807, 2.05) is 24.2 Å². The first-order chi connectivity index (χ1) is 10.3. The summed E-state index contributed by atoms with van der Waals surface area (Å²) in [7, 11) is 2.06. The average Bonchev–Trinajstić information content (AvgIpc) is 2.92. The molecule has 1 aromatic heterocycles. The molecule has 2 heterocycles. The molecule has 23 heavy (non-hydrogen) atoms. The smallest absolute Gasteiger partial charge is 0.167 e. The number of aromatic nitrogens is 2. The molecule has 4 nitrogen and oxygen atoms in total. The van der Waals surface area contributed by atoms with Crippen LogP contribution in [0.15, 0.2) is 17.6 Å². The monoisotopic (exact) mass is 380 g/mol. The molecule has 2 aliphatic rings. The SMILES string of the molecule is Cl.Cl.Cn1ccnc1SCCNC1CCC2(CCNCC2)CC1. The van der Waals surface area contributed by atoms with Gasteiger partial charge in [0.05, 0.1) is 0 Å². The second-order valence-corrected chi connectivity index (χ2v) is 7.71. The fraction of sp³-hybridized carbons (Fsp3) is 0.812. The number of nitrogens with zero attached hydrogens (tertiary/aromatic N) is 2. The van der Waals surface area contributed by atoms with Crippen molar-refractivity contribution in [2.45, 2.75) is 49.7 Å². The molecule has 1 aromatic rings. The maximum Gasteiger partial charge on any atom is 0.167 e. The molecule has 3 rings (SSSR count). The summed E-state index contributed by atoms with van der Waals surface area (Å²) < 4.78 is 2.09. The van der Waals surface area contributed by atoms with Crippen molar-refractivity contribution < 1.29 is 0 Å². The molecule has 0 atom stereocenters. The molecule has 1 saturated carbocycles. The Morgan fingerprint density at radius 2 is 1.96 bits per heavy atom. The predicted molar refractivity (Wildman–Crippen MR) is 103 cm³/mol. The molecule has 2 fully saturated rings. The molecule has 0 bridgehead atoms. The molecule has 1 saturated heterocycles. The maximum atomic E-state index is 4.35. The van der Waals surface area contributed by atoms with Crippen LogP contribution in [0.25, 0.3) is 0 Å². The largest absolute Gasteiger partial charge is 0.329 e. The van der Waals surface area contributed by atoms with Crippen LogP contribution >= 0.6 is 36.6 Å². The Labute approximate surface area is 156 Å². The molecule has 1 spiro atoms. The van der Waals surface area contributed by atoms with Gasteiger partial charge in [0.25, 0.3) is 0 Å². The van der Waals surface area contributed by atoms with Gasteiger partial charge in [0.15, 0.2) is 5.16 Å². The van der Waals surface area contributed by atoms with Crippen molar-refractivity contribution in [1.29, 1.82) is 0 Å². The van der Waals surface area contributed by atoms with Crippen LogP contribution in [0.5, 0.6) is 0 Å². The third-order valence-corrected chi connectivity index (χ3v) is 6.31. The van der Waals surface area contributed by atoms with Crippen LogP contribution in [0, 0.1) is 5.41 Å². The first-order valence-corrected chi connectivity index (χ1v) is 9.30. The first kappa shape index (κ1) is 21.1. The van der Waals surface area contributed by atoms with Crippen molar-refractivity contribution in [3.63, 3.8) is 0 Å². The van der Waals surface area contributed by atoms with Crippen LogP contribution < -0.4 is 10.6 Å². The Kier molecular flexibility index (Phi) is 9.31. The Hall–Kier alpha value is 0.0600. The quantitative estimate of drug-likeness (QED) is 0.607. The van der Waals surface area contributed by atoms with E-state index in [1.54, 1.807) is 0 Å². The summed E-state index contributed by atoms with van der Waals surface area (Å²) in [4.78, 5) is 4.35. The summed E-state index contributed by atoms with van der Waals surface area (Å²) in [6.07, 6.45) is 12.3. The molecule has 0 amide bonds. The number of piperidine rings is 1. The van der Waals surface area contributed by atoms with Gasteiger partial charge < -0.3 is 15.2 Å². The number of nitrogens with one attached hydrogen (secondary N) is 2. The van der Waals surface area contributed by atoms with Crippen molar-refractivity contribution in [3.05, 3.63) is 12.4 Å². The van der Waals surface area contributed by atoms with Gasteiger partial charge in [-0.15, -0.1) is 24.8 Å². The topological polar surface area (TPSA) is 41.9 Å². The van der Waals surface area contributed by atoms with E-state index in [0.29, 0.717) is 5.41 Å². The Morgan fingerprint density at radius 1 is 1.26 bits per heavy atom. The summed E-state index contributed by atoms with van der Waals surface area (Å²) in [5.41, 5.74) is 0.686. The Bertz CT molecular complexity index is 439. The van der Waals surface area contributed by atoms with Gasteiger partial charge in [-0.2, -0.15) is 0 Å². The summed E-state index contributed by atoms with van der Waals surface area (Å²) in [6.45, 7) is 3.56. The zero-order chi connectivity index (χ0) is 14.5. The van der Waals surface area contributed by atoms with E-state index < -0.39 is 0 Å². The van der Waals surface area contributed by atoms with Gasteiger partial charge in [0.1, 0.15) is 0 Å². The number of hydrogen-bond acceptors (Lipinski definition) is 4. The van der Waals surface area contributed by atoms with Crippen LogP contribution in [0.4, 0.5) is 0 Å². The fourth-order valence-corrected chi connectivity index (χ4v) is 4.59. The highest BCUT2D eigenvalue weighted by atomic mass is 35.5. The lowest BCUT2D eigenvalue weighted by molar-refractivity contribution is 0.116. The van der Waals surface area contributed by atoms with Gasteiger partial charge in [-0.3, -0.25) is 0 Å². The number of thioether (sulfide) groups is 1. The van der Waals surface area contributed by atoms with E-state index in [0.717, 1.165) is 23.5 Å². The average molecular weight is 381 g/mol. The molecule has 1 aliphatic carbocycles. The van der Waals surface area contributed by atoms with Crippen molar-refractivity contribution in [1.82, 2.24) is 20.2 Å². The lowest BCUT2D eigenvalue weighted by atomic mass is 9.67. The maximum absolute atomic E-state index is 4.35. The minimum absolute atomic E-state index is 0. The van der Waals surface area contributed by atoms with Crippen LogP contribution in [-0.4, -0.2) is 41.0 Å². The van der Waals surface area contributed by atoms with Crippen LogP contribution in [0.3, 0.4) is 0 Å². The second kappa shape index (κ2) is 10.1. The summed E-state index contributed by atoms with van der Waals surface area (Å²) in [5, 5.41) is 8.37. The lowest BCUT2D eigenvalue weighted by Crippen LogP contribution is -2.43. The van der Waals surface area contributed by atoms with Gasteiger partial charge in [-0.25, -0.2) is 4.98 Å². The minimum Gasteiger partial charge on any atom is -0.329 e. The third kappa shape index (κ3) is 5.82. The summed E-state index contributed by atoms with van der Waals surface area (Å²) in [6, 6.07) is 0.743. The molecule has 0 radical (unpaired) electrons. The highest BCUT2D eigenvalue weighted by Crippen LogP contribution is 2.43. The molecule has 134 valence electrons. The molecule has 2 N–H and O–H groups in total. The Balaban J connectivity index is 0.00000132. The van der Waals surface area contributed by atoms with E-state index in [4.69, 9.17) is 0 Å². The first-order valence-electron chi connectivity index (χ1n) is 8.32. The van der Waals surface area contributed by atoms with Gasteiger partial charge in [-0.05, 0) is 57.0 Å². The van der Waals surface area contributed by atoms with Crippen LogP contribution in [-0.2, 0) is 7.05 Å². The lowest BCUT2D eigenvalue weighted by Gasteiger charge is -2.43. The van der Waals surface area contributed by atoms with Crippen molar-refractivity contribution >= 4 is 36.6 Å². The van der Waals surface area contributed by atoms with E-state index in [-0.39, 0.29) is 24.8 Å². The standard InChI is InChI=1S/C16H28N4S.2ClH/c1-20-12-10-19-15(20)21-13-11-18-14-2-4-16(5-3-14)6-8-17-9-7-16;;/h10,12,14,17-18H,2-9,11,13H2,1H3;2*1H. The molecular formula is C16H30Cl2N4S. The van der Waals surface area contributed by atoms with Crippen LogP contribution in [0.2, 0.25) is 0 Å². The molecule has 0 unspecified atom stereocenters. The number of halogens is 2. The molecular weight excluding hydrogens is 351 g/mol. The zero-order valence-corrected chi connectivity index (χ0v) is 16.4. The van der Waals surface area contributed by atoms with E-state index in [9.17, 15) is 0 Å². The number of rotatable bonds is 5. The molecule has 1 aliphatic heterocycles.